The van der Waals surface area contributed by atoms with Crippen LogP contribution in [-0.2, 0) is 0 Å². The molecule has 0 bridgehead atoms. The maximum absolute atomic E-state index is 4.31. The van der Waals surface area contributed by atoms with Crippen LogP contribution in [0.25, 0.3) is 0 Å². The second-order valence-electron chi connectivity index (χ2n) is 7.37. The summed E-state index contributed by atoms with van der Waals surface area (Å²) in [7, 11) is 1.85. The smallest absolute Gasteiger partial charge is 0.191 e. The molecule has 1 saturated carbocycles. The van der Waals surface area contributed by atoms with Crippen molar-refractivity contribution in [1.29, 1.82) is 0 Å². The molecule has 1 aliphatic carbocycles. The number of benzene rings is 1. The van der Waals surface area contributed by atoms with Crippen molar-refractivity contribution in [2.75, 3.05) is 57.8 Å². The fourth-order valence-corrected chi connectivity index (χ4v) is 3.41. The van der Waals surface area contributed by atoms with Crippen LogP contribution in [0.2, 0.25) is 0 Å². The van der Waals surface area contributed by atoms with Gasteiger partial charge >= 0.3 is 0 Å². The first kappa shape index (κ1) is 21.3. The molecule has 26 heavy (non-hydrogen) atoms. The number of aliphatic imine (C=N–C) groups is 1. The molecule has 0 unspecified atom stereocenters. The van der Waals surface area contributed by atoms with Gasteiger partial charge in [0.1, 0.15) is 0 Å². The first-order valence-electron chi connectivity index (χ1n) is 9.65. The lowest BCUT2D eigenvalue weighted by Crippen LogP contribution is -2.49. The third-order valence-electron chi connectivity index (χ3n) is 5.49. The van der Waals surface area contributed by atoms with Crippen molar-refractivity contribution in [3.8, 4) is 0 Å². The minimum absolute atomic E-state index is 0. The molecule has 0 radical (unpaired) electrons. The summed E-state index contributed by atoms with van der Waals surface area (Å²) in [5.41, 5.74) is 4.21. The molecule has 1 aromatic carbocycles. The Bertz CT molecular complexity index is 592. The topological polar surface area (TPSA) is 42.9 Å². The van der Waals surface area contributed by atoms with Crippen LogP contribution in [0.4, 0.5) is 5.69 Å². The van der Waals surface area contributed by atoms with E-state index < -0.39 is 0 Å². The summed E-state index contributed by atoms with van der Waals surface area (Å²) in [5, 5.41) is 6.86. The number of guanidine groups is 1. The van der Waals surface area contributed by atoms with Crippen LogP contribution in [0.1, 0.15) is 24.0 Å². The highest BCUT2D eigenvalue weighted by molar-refractivity contribution is 14.0. The highest BCUT2D eigenvalue weighted by atomic mass is 127. The van der Waals surface area contributed by atoms with E-state index in [1.54, 1.807) is 0 Å². The molecule has 0 amide bonds. The molecule has 0 spiro atoms. The Balaban J connectivity index is 0.00000243. The van der Waals surface area contributed by atoms with Gasteiger partial charge in [0.15, 0.2) is 5.96 Å². The zero-order chi connectivity index (χ0) is 17.6. The van der Waals surface area contributed by atoms with E-state index >= 15 is 0 Å². The number of hydrogen-bond donors (Lipinski definition) is 2. The van der Waals surface area contributed by atoms with E-state index in [0.717, 1.165) is 57.7 Å². The first-order chi connectivity index (χ1) is 12.2. The van der Waals surface area contributed by atoms with Gasteiger partial charge in [0.2, 0.25) is 0 Å². The van der Waals surface area contributed by atoms with Crippen LogP contribution in [0.3, 0.4) is 0 Å². The Morgan fingerprint density at radius 2 is 1.85 bits per heavy atom. The molecule has 0 atom stereocenters. The molecule has 0 aromatic heterocycles. The van der Waals surface area contributed by atoms with Crippen LogP contribution in [0, 0.1) is 19.8 Å². The quantitative estimate of drug-likeness (QED) is 0.381. The molecule has 146 valence electrons. The van der Waals surface area contributed by atoms with Crippen LogP contribution in [0.5, 0.6) is 0 Å². The lowest BCUT2D eigenvalue weighted by molar-refractivity contribution is 0.261. The number of nitrogens with zero attached hydrogens (tertiary/aromatic N) is 3. The molecule has 2 N–H and O–H groups in total. The summed E-state index contributed by atoms with van der Waals surface area (Å²) in [4.78, 5) is 9.38. The normalized spacial score (nSPS) is 18.4. The average molecular weight is 471 g/mol. The van der Waals surface area contributed by atoms with Gasteiger partial charge in [0.25, 0.3) is 0 Å². The van der Waals surface area contributed by atoms with Gasteiger partial charge in [-0.2, -0.15) is 0 Å². The third kappa shape index (κ3) is 6.01. The molecular weight excluding hydrogens is 437 g/mol. The second-order valence-corrected chi connectivity index (χ2v) is 7.37. The van der Waals surface area contributed by atoms with Gasteiger partial charge in [-0.05, 0) is 49.8 Å². The molecule has 1 aromatic rings. The largest absolute Gasteiger partial charge is 0.369 e. The van der Waals surface area contributed by atoms with E-state index in [-0.39, 0.29) is 24.0 Å². The van der Waals surface area contributed by atoms with E-state index in [0.29, 0.717) is 0 Å². The Morgan fingerprint density at radius 1 is 1.12 bits per heavy atom. The van der Waals surface area contributed by atoms with Crippen LogP contribution >= 0.6 is 24.0 Å². The standard InChI is InChI=1S/C20H33N5.HI/c1-16-5-4-6-19(17(16)2)25-13-11-24(12-14-25)10-9-22-20(21-3)23-15-18-7-8-18;/h4-6,18H,7-15H2,1-3H3,(H2,21,22,23);1H. The molecule has 2 aliphatic rings. The van der Waals surface area contributed by atoms with E-state index in [4.69, 9.17) is 0 Å². The molecule has 1 heterocycles. The monoisotopic (exact) mass is 471 g/mol. The number of aryl methyl sites for hydroxylation is 1. The fourth-order valence-electron chi connectivity index (χ4n) is 3.41. The molecule has 2 fully saturated rings. The van der Waals surface area contributed by atoms with Crippen LogP contribution in [-0.4, -0.2) is 63.7 Å². The van der Waals surface area contributed by atoms with Crippen molar-refractivity contribution in [3.05, 3.63) is 29.3 Å². The Hall–Kier alpha value is -1.02. The molecule has 1 aliphatic heterocycles. The Morgan fingerprint density at radius 3 is 2.50 bits per heavy atom. The number of hydrogen-bond acceptors (Lipinski definition) is 3. The van der Waals surface area contributed by atoms with E-state index in [1.807, 2.05) is 7.05 Å². The Labute approximate surface area is 175 Å². The van der Waals surface area contributed by atoms with Gasteiger partial charge in [-0.15, -0.1) is 24.0 Å². The van der Waals surface area contributed by atoms with Gasteiger partial charge in [-0.1, -0.05) is 12.1 Å². The van der Waals surface area contributed by atoms with Crippen LogP contribution < -0.4 is 15.5 Å². The Kier molecular flexibility index (Phi) is 8.47. The van der Waals surface area contributed by atoms with Crippen molar-refractivity contribution in [3.63, 3.8) is 0 Å². The molecule has 5 nitrogen and oxygen atoms in total. The van der Waals surface area contributed by atoms with E-state index in [2.05, 4.69) is 57.5 Å². The fraction of sp³-hybridized carbons (Fsp3) is 0.650. The lowest BCUT2D eigenvalue weighted by Gasteiger charge is -2.37. The molecular formula is C20H34IN5. The summed E-state index contributed by atoms with van der Waals surface area (Å²) in [5.74, 6) is 1.82. The van der Waals surface area contributed by atoms with Gasteiger partial charge < -0.3 is 15.5 Å². The van der Waals surface area contributed by atoms with Crippen molar-refractivity contribution in [2.24, 2.45) is 10.9 Å². The van der Waals surface area contributed by atoms with Gasteiger partial charge in [-0.25, -0.2) is 0 Å². The summed E-state index contributed by atoms with van der Waals surface area (Å²) in [6.45, 7) is 12.0. The average Bonchev–Trinajstić information content (AvgIpc) is 3.45. The molecule has 3 rings (SSSR count). The summed E-state index contributed by atoms with van der Waals surface area (Å²) >= 11 is 0. The summed E-state index contributed by atoms with van der Waals surface area (Å²) in [6, 6.07) is 6.63. The highest BCUT2D eigenvalue weighted by Crippen LogP contribution is 2.27. The predicted molar refractivity (Wildman–Crippen MR) is 122 cm³/mol. The number of anilines is 1. The van der Waals surface area contributed by atoms with Crippen LogP contribution in [0.15, 0.2) is 23.2 Å². The van der Waals surface area contributed by atoms with Crippen molar-refractivity contribution < 1.29 is 0 Å². The number of piperazine rings is 1. The molecule has 6 heteroatoms. The molecule has 1 saturated heterocycles. The minimum atomic E-state index is 0. The third-order valence-corrected chi connectivity index (χ3v) is 5.49. The predicted octanol–water partition coefficient (Wildman–Crippen LogP) is 2.62. The lowest BCUT2D eigenvalue weighted by atomic mass is 10.1. The number of nitrogens with one attached hydrogen (secondary N) is 2. The van der Waals surface area contributed by atoms with Crippen molar-refractivity contribution in [2.45, 2.75) is 26.7 Å². The van der Waals surface area contributed by atoms with Gasteiger partial charge in [-0.3, -0.25) is 9.89 Å². The maximum Gasteiger partial charge on any atom is 0.191 e. The first-order valence-corrected chi connectivity index (χ1v) is 9.65. The summed E-state index contributed by atoms with van der Waals surface area (Å²) in [6.07, 6.45) is 2.74. The minimum Gasteiger partial charge on any atom is -0.369 e. The van der Waals surface area contributed by atoms with Gasteiger partial charge in [0.05, 0.1) is 0 Å². The maximum atomic E-state index is 4.31. The van der Waals surface area contributed by atoms with E-state index in [1.165, 1.54) is 29.7 Å². The van der Waals surface area contributed by atoms with Gasteiger partial charge in [0, 0.05) is 58.5 Å². The zero-order valence-corrected chi connectivity index (χ0v) is 18.8. The highest BCUT2D eigenvalue weighted by Gasteiger charge is 2.21. The zero-order valence-electron chi connectivity index (χ0n) is 16.4. The number of rotatable bonds is 6. The number of halogens is 1. The second kappa shape index (κ2) is 10.3. The van der Waals surface area contributed by atoms with E-state index in [9.17, 15) is 0 Å². The summed E-state index contributed by atoms with van der Waals surface area (Å²) < 4.78 is 0. The van der Waals surface area contributed by atoms with Crippen molar-refractivity contribution in [1.82, 2.24) is 15.5 Å². The SMILES string of the molecule is CN=C(NCCN1CCN(c2cccc(C)c2C)CC1)NCC1CC1.I. The van der Waals surface area contributed by atoms with Crippen molar-refractivity contribution >= 4 is 35.6 Å².